The number of piperidine rings is 1. The summed E-state index contributed by atoms with van der Waals surface area (Å²) < 4.78 is 2.34. The summed E-state index contributed by atoms with van der Waals surface area (Å²) in [7, 11) is 0. The maximum Gasteiger partial charge on any atom is 0.233 e. The Hall–Kier alpha value is -0.940. The molecule has 1 fully saturated rings. The van der Waals surface area contributed by atoms with Crippen LogP contribution in [0.1, 0.15) is 37.2 Å². The van der Waals surface area contributed by atoms with Crippen molar-refractivity contribution in [1.29, 1.82) is 0 Å². The van der Waals surface area contributed by atoms with E-state index in [0.717, 1.165) is 26.2 Å². The van der Waals surface area contributed by atoms with Crippen molar-refractivity contribution in [2.24, 2.45) is 0 Å². The number of nitrogens with zero attached hydrogens (tertiary/aromatic N) is 2. The first-order valence-corrected chi connectivity index (χ1v) is 8.99. The van der Waals surface area contributed by atoms with Crippen molar-refractivity contribution >= 4 is 17.7 Å². The molecular weight excluding hydrogens is 282 g/mol. The Morgan fingerprint density at radius 1 is 1.33 bits per heavy atom. The molecule has 0 aromatic carbocycles. The number of hydrogen-bond acceptors (Lipinski definition) is 3. The molecule has 2 aliphatic heterocycles. The molecule has 2 aliphatic rings. The van der Waals surface area contributed by atoms with E-state index in [0.29, 0.717) is 16.9 Å². The molecule has 1 amide bonds. The molecule has 4 nitrogen and oxygen atoms in total. The first-order valence-electron chi connectivity index (χ1n) is 7.94. The Morgan fingerprint density at radius 3 is 2.86 bits per heavy atom. The summed E-state index contributed by atoms with van der Waals surface area (Å²) in [6.07, 6.45) is 2.38. The molecule has 116 valence electrons. The fourth-order valence-electron chi connectivity index (χ4n) is 3.40. The van der Waals surface area contributed by atoms with Gasteiger partial charge < -0.3 is 14.8 Å². The number of thioether (sulfide) groups is 1. The van der Waals surface area contributed by atoms with Gasteiger partial charge in [0, 0.05) is 29.7 Å². The highest BCUT2D eigenvalue weighted by Crippen LogP contribution is 2.28. The van der Waals surface area contributed by atoms with Crippen molar-refractivity contribution in [3.8, 4) is 0 Å². The van der Waals surface area contributed by atoms with E-state index >= 15 is 0 Å². The fourth-order valence-corrected chi connectivity index (χ4v) is 4.51. The first kappa shape index (κ1) is 15.0. The molecule has 0 bridgehead atoms. The van der Waals surface area contributed by atoms with Crippen LogP contribution in [-0.4, -0.2) is 46.0 Å². The van der Waals surface area contributed by atoms with Crippen LogP contribution in [-0.2, 0) is 11.3 Å². The highest BCUT2D eigenvalue weighted by Gasteiger charge is 2.28. The van der Waals surface area contributed by atoms with E-state index in [2.05, 4.69) is 40.8 Å². The third kappa shape index (κ3) is 3.14. The number of nitrogens with one attached hydrogen (secondary N) is 1. The summed E-state index contributed by atoms with van der Waals surface area (Å²) in [6.45, 7) is 8.26. The molecule has 3 rings (SSSR count). The van der Waals surface area contributed by atoms with Gasteiger partial charge in [-0.2, -0.15) is 0 Å². The topological polar surface area (TPSA) is 37.3 Å². The summed E-state index contributed by atoms with van der Waals surface area (Å²) >= 11 is 1.85. The molecule has 1 N–H and O–H groups in total. The zero-order valence-electron chi connectivity index (χ0n) is 13.0. The minimum Gasteiger partial charge on any atom is -0.345 e. The number of fused-ring (bicyclic) bond motifs is 1. The first-order chi connectivity index (χ1) is 10.2. The van der Waals surface area contributed by atoms with Crippen LogP contribution in [0.5, 0.6) is 0 Å². The van der Waals surface area contributed by atoms with Crippen LogP contribution in [0.3, 0.4) is 0 Å². The van der Waals surface area contributed by atoms with E-state index in [1.54, 1.807) is 0 Å². The Morgan fingerprint density at radius 2 is 2.10 bits per heavy atom. The van der Waals surface area contributed by atoms with Crippen molar-refractivity contribution in [1.82, 2.24) is 14.8 Å². The lowest BCUT2D eigenvalue weighted by atomic mass is 10.1. The van der Waals surface area contributed by atoms with Crippen molar-refractivity contribution in [3.05, 3.63) is 23.5 Å². The van der Waals surface area contributed by atoms with E-state index in [1.165, 1.54) is 24.2 Å². The van der Waals surface area contributed by atoms with Gasteiger partial charge >= 0.3 is 0 Å². The maximum absolute atomic E-state index is 12.5. The number of aryl methyl sites for hydroxylation is 1. The summed E-state index contributed by atoms with van der Waals surface area (Å²) in [4.78, 5) is 14.6. The largest absolute Gasteiger partial charge is 0.345 e. The van der Waals surface area contributed by atoms with E-state index in [1.807, 2.05) is 11.8 Å². The SMILES string of the molecule is Cc1ccc2n1CCN(C(=O)CSC1CCNCC1)C2C. The molecule has 21 heavy (non-hydrogen) atoms. The van der Waals surface area contributed by atoms with Gasteiger partial charge in [-0.05, 0) is 51.9 Å². The lowest BCUT2D eigenvalue weighted by molar-refractivity contribution is -0.131. The predicted molar refractivity (Wildman–Crippen MR) is 87.6 cm³/mol. The Labute approximate surface area is 131 Å². The van der Waals surface area contributed by atoms with Crippen molar-refractivity contribution in [2.45, 2.75) is 44.5 Å². The van der Waals surface area contributed by atoms with Crippen molar-refractivity contribution in [2.75, 3.05) is 25.4 Å². The third-order valence-corrected chi connectivity index (χ3v) is 6.10. The van der Waals surface area contributed by atoms with Crippen LogP contribution >= 0.6 is 11.8 Å². The lowest BCUT2D eigenvalue weighted by Gasteiger charge is -2.36. The third-order valence-electron chi connectivity index (χ3n) is 4.74. The molecule has 1 aromatic rings. The normalized spacial score (nSPS) is 23.1. The highest BCUT2D eigenvalue weighted by molar-refractivity contribution is 8.00. The standard InChI is InChI=1S/C16H25N3OS/c1-12-3-4-15-13(2)19(10-9-18(12)15)16(20)11-21-14-5-7-17-8-6-14/h3-4,13-14,17H,5-11H2,1-2H3. The van der Waals surface area contributed by atoms with Crippen LogP contribution in [0.25, 0.3) is 0 Å². The molecule has 5 heteroatoms. The van der Waals surface area contributed by atoms with Crippen molar-refractivity contribution < 1.29 is 4.79 Å². The quantitative estimate of drug-likeness (QED) is 0.930. The molecule has 1 atom stereocenters. The summed E-state index contributed by atoms with van der Waals surface area (Å²) in [5.41, 5.74) is 2.58. The van der Waals surface area contributed by atoms with Crippen LogP contribution in [0.15, 0.2) is 12.1 Å². The van der Waals surface area contributed by atoms with Gasteiger partial charge in [-0.25, -0.2) is 0 Å². The van der Waals surface area contributed by atoms with Gasteiger partial charge in [-0.3, -0.25) is 4.79 Å². The molecular formula is C16H25N3OS. The Bertz CT molecular complexity index is 508. The molecule has 0 radical (unpaired) electrons. The number of aromatic nitrogens is 1. The summed E-state index contributed by atoms with van der Waals surface area (Å²) in [6, 6.07) is 4.52. The molecule has 1 unspecified atom stereocenters. The minimum atomic E-state index is 0.202. The van der Waals surface area contributed by atoms with Crippen LogP contribution in [0.2, 0.25) is 0 Å². The monoisotopic (exact) mass is 307 g/mol. The Kier molecular flexibility index (Phi) is 4.60. The number of amides is 1. The number of carbonyl (C=O) groups excluding carboxylic acids is 1. The maximum atomic E-state index is 12.5. The van der Waals surface area contributed by atoms with Gasteiger partial charge in [0.05, 0.1) is 11.8 Å². The molecule has 0 aliphatic carbocycles. The van der Waals surface area contributed by atoms with Crippen LogP contribution in [0.4, 0.5) is 0 Å². The number of hydrogen-bond donors (Lipinski definition) is 1. The van der Waals surface area contributed by atoms with E-state index < -0.39 is 0 Å². The van der Waals surface area contributed by atoms with E-state index in [4.69, 9.17) is 0 Å². The highest BCUT2D eigenvalue weighted by atomic mass is 32.2. The average molecular weight is 307 g/mol. The van der Waals surface area contributed by atoms with Gasteiger partial charge in [0.15, 0.2) is 0 Å². The van der Waals surface area contributed by atoms with E-state index in [-0.39, 0.29) is 6.04 Å². The minimum absolute atomic E-state index is 0.202. The Balaban J connectivity index is 1.58. The smallest absolute Gasteiger partial charge is 0.233 e. The molecule has 0 saturated carbocycles. The number of carbonyl (C=O) groups is 1. The zero-order valence-corrected chi connectivity index (χ0v) is 13.8. The van der Waals surface area contributed by atoms with Gasteiger partial charge in [-0.15, -0.1) is 11.8 Å². The van der Waals surface area contributed by atoms with Crippen molar-refractivity contribution in [3.63, 3.8) is 0 Å². The lowest BCUT2D eigenvalue weighted by Crippen LogP contribution is -2.42. The molecule has 1 saturated heterocycles. The molecule has 3 heterocycles. The fraction of sp³-hybridized carbons (Fsp3) is 0.688. The predicted octanol–water partition coefficient (Wildman–Crippen LogP) is 2.18. The molecule has 0 spiro atoms. The zero-order chi connectivity index (χ0) is 14.8. The second-order valence-electron chi connectivity index (χ2n) is 6.07. The van der Waals surface area contributed by atoms with Gasteiger partial charge in [-0.1, -0.05) is 0 Å². The van der Waals surface area contributed by atoms with Gasteiger partial charge in [0.2, 0.25) is 5.91 Å². The van der Waals surface area contributed by atoms with E-state index in [9.17, 15) is 4.79 Å². The molecule has 1 aromatic heterocycles. The van der Waals surface area contributed by atoms with Gasteiger partial charge in [0.1, 0.15) is 0 Å². The van der Waals surface area contributed by atoms with Gasteiger partial charge in [0.25, 0.3) is 0 Å². The second-order valence-corrected chi connectivity index (χ2v) is 7.36. The summed E-state index contributed by atoms with van der Waals surface area (Å²) in [5, 5.41) is 4.03. The average Bonchev–Trinajstić information content (AvgIpc) is 2.89. The summed E-state index contributed by atoms with van der Waals surface area (Å²) in [5.74, 6) is 0.936. The van der Waals surface area contributed by atoms with Crippen LogP contribution in [0, 0.1) is 6.92 Å². The second kappa shape index (κ2) is 6.44. The number of rotatable bonds is 3. The van der Waals surface area contributed by atoms with Crippen LogP contribution < -0.4 is 5.32 Å².